The number of sulfone groups is 1. The summed E-state index contributed by atoms with van der Waals surface area (Å²) in [7, 11) is -1.41. The lowest BCUT2D eigenvalue weighted by molar-refractivity contribution is 0.0950. The van der Waals surface area contributed by atoms with E-state index in [1.165, 1.54) is 24.3 Å². The van der Waals surface area contributed by atoms with Crippen LogP contribution in [0.15, 0.2) is 35.2 Å². The highest BCUT2D eigenvalue weighted by atomic mass is 35.5. The molecule has 1 aliphatic heterocycles. The molecule has 0 unspecified atom stereocenters. The van der Waals surface area contributed by atoms with E-state index in [1.54, 1.807) is 13.0 Å². The molecule has 0 saturated carbocycles. The highest BCUT2D eigenvalue weighted by Crippen LogP contribution is 2.25. The Kier molecular flexibility index (Phi) is 8.38. The number of carbonyl (C=O) groups is 1. The van der Waals surface area contributed by atoms with Crippen LogP contribution < -0.4 is 5.32 Å². The molecule has 0 aromatic heterocycles. The van der Waals surface area contributed by atoms with E-state index >= 15 is 0 Å². The van der Waals surface area contributed by atoms with Crippen molar-refractivity contribution in [3.8, 4) is 6.07 Å². The summed E-state index contributed by atoms with van der Waals surface area (Å²) in [4.78, 5) is 17.4. The van der Waals surface area contributed by atoms with Gasteiger partial charge in [-0.15, -0.1) is 0 Å². The molecule has 0 bridgehead atoms. The number of carbonyl (C=O) groups excluding carboxylic acids is 1. The summed E-state index contributed by atoms with van der Waals surface area (Å²) in [6, 6.07) is 9.70. The zero-order valence-electron chi connectivity index (χ0n) is 18.6. The Balaban J connectivity index is 1.78. The first-order valence-corrected chi connectivity index (χ1v) is 13.0. The molecule has 1 N–H and O–H groups in total. The maximum atomic E-state index is 12.8. The second kappa shape index (κ2) is 10.9. The van der Waals surface area contributed by atoms with Gasteiger partial charge in [-0.05, 0) is 42.9 Å². The lowest BCUT2D eigenvalue weighted by Crippen LogP contribution is -2.44. The number of benzene rings is 2. The first kappa shape index (κ1) is 25.5. The van der Waals surface area contributed by atoms with Crippen LogP contribution in [-0.2, 0) is 22.9 Å². The molecule has 2 aromatic carbocycles. The summed E-state index contributed by atoms with van der Waals surface area (Å²) in [5, 5.41) is 13.1. The van der Waals surface area contributed by atoms with Gasteiger partial charge in [0, 0.05) is 60.4 Å². The van der Waals surface area contributed by atoms with Crippen LogP contribution >= 0.6 is 23.2 Å². The first-order valence-electron chi connectivity index (χ1n) is 10.6. The van der Waals surface area contributed by atoms with Gasteiger partial charge in [0.25, 0.3) is 5.91 Å². The second-order valence-electron chi connectivity index (χ2n) is 8.01. The van der Waals surface area contributed by atoms with Gasteiger partial charge in [0.1, 0.15) is 0 Å². The summed E-state index contributed by atoms with van der Waals surface area (Å²) in [6.45, 7) is 5.71. The molecular weight excluding hydrogens is 483 g/mol. The van der Waals surface area contributed by atoms with Crippen LogP contribution in [-0.4, -0.2) is 63.1 Å². The Labute approximate surface area is 204 Å². The second-order valence-corrected chi connectivity index (χ2v) is 11.1. The van der Waals surface area contributed by atoms with Gasteiger partial charge >= 0.3 is 0 Å². The van der Waals surface area contributed by atoms with Gasteiger partial charge in [-0.1, -0.05) is 30.1 Å². The number of amides is 1. The lowest BCUT2D eigenvalue weighted by atomic mass is 10.0. The zero-order chi connectivity index (χ0) is 24.2. The third-order valence-electron chi connectivity index (χ3n) is 5.73. The third-order valence-corrected chi connectivity index (χ3v) is 8.13. The molecule has 0 radical (unpaired) electrons. The van der Waals surface area contributed by atoms with E-state index < -0.39 is 15.7 Å². The number of piperazine rings is 1. The fourth-order valence-electron chi connectivity index (χ4n) is 3.68. The van der Waals surface area contributed by atoms with Crippen LogP contribution in [0.25, 0.3) is 0 Å². The highest BCUT2D eigenvalue weighted by molar-refractivity contribution is 7.91. The van der Waals surface area contributed by atoms with Crippen molar-refractivity contribution in [2.75, 3.05) is 39.0 Å². The number of rotatable bonds is 7. The minimum absolute atomic E-state index is 0.0312. The summed E-state index contributed by atoms with van der Waals surface area (Å²) in [6.07, 6.45) is 0. The monoisotopic (exact) mass is 508 g/mol. The van der Waals surface area contributed by atoms with Crippen LogP contribution in [0.5, 0.6) is 0 Å². The predicted molar refractivity (Wildman–Crippen MR) is 129 cm³/mol. The van der Waals surface area contributed by atoms with E-state index in [9.17, 15) is 18.5 Å². The normalized spacial score (nSPS) is 15.2. The number of nitrogens with one attached hydrogen (secondary N) is 1. The average Bonchev–Trinajstić information content (AvgIpc) is 2.79. The molecule has 1 heterocycles. The Hall–Kier alpha value is -2.15. The van der Waals surface area contributed by atoms with Crippen LogP contribution in [0, 0.1) is 11.3 Å². The molecule has 2 aromatic rings. The van der Waals surface area contributed by atoms with Crippen molar-refractivity contribution in [3.05, 3.63) is 62.6 Å². The fraction of sp³-hybridized carbons (Fsp3) is 0.391. The molecule has 0 atom stereocenters. The van der Waals surface area contributed by atoms with Crippen molar-refractivity contribution < 1.29 is 13.2 Å². The minimum Gasteiger partial charge on any atom is -0.348 e. The number of nitrogens with zero attached hydrogens (tertiary/aromatic N) is 3. The first-order chi connectivity index (χ1) is 15.6. The molecule has 1 fully saturated rings. The summed E-state index contributed by atoms with van der Waals surface area (Å²) in [5.41, 5.74) is 1.69. The SMILES string of the molecule is CCS(=O)(=O)c1ccc(Cl)cc1CNC(=O)c1cc(Cl)c(CN2CCN(C)CC2)c(C#N)c1. The molecule has 0 spiro atoms. The van der Waals surface area contributed by atoms with E-state index in [-0.39, 0.29) is 22.8 Å². The number of hydrogen-bond acceptors (Lipinski definition) is 6. The predicted octanol–water partition coefficient (Wildman–Crippen LogP) is 3.34. The molecule has 7 nitrogen and oxygen atoms in total. The van der Waals surface area contributed by atoms with Gasteiger partial charge < -0.3 is 10.2 Å². The maximum absolute atomic E-state index is 12.8. The standard InChI is InChI=1S/C23H26Cl2N4O3S/c1-3-33(31,32)22-5-4-19(24)11-18(22)14-27-23(30)16-10-17(13-26)20(21(25)12-16)15-29-8-6-28(2)7-9-29/h4-5,10-12H,3,6-9,14-15H2,1-2H3,(H,27,30). The Bertz CT molecular complexity index is 1190. The smallest absolute Gasteiger partial charge is 0.251 e. The van der Waals surface area contributed by atoms with Crippen molar-refractivity contribution in [2.45, 2.75) is 24.9 Å². The van der Waals surface area contributed by atoms with Crippen LogP contribution in [0.2, 0.25) is 10.0 Å². The average molecular weight is 509 g/mol. The minimum atomic E-state index is -3.48. The van der Waals surface area contributed by atoms with Crippen LogP contribution in [0.3, 0.4) is 0 Å². The van der Waals surface area contributed by atoms with Crippen molar-refractivity contribution in [1.29, 1.82) is 5.26 Å². The molecule has 1 aliphatic rings. The molecule has 33 heavy (non-hydrogen) atoms. The Morgan fingerprint density at radius 1 is 1.15 bits per heavy atom. The fourth-order valence-corrected chi connectivity index (χ4v) is 5.27. The van der Waals surface area contributed by atoms with Crippen molar-refractivity contribution in [2.24, 2.45) is 0 Å². The molecule has 3 rings (SSSR count). The summed E-state index contributed by atoms with van der Waals surface area (Å²) in [5.74, 6) is -0.523. The molecule has 0 aliphatic carbocycles. The molecule has 10 heteroatoms. The summed E-state index contributed by atoms with van der Waals surface area (Å²) >= 11 is 12.5. The van der Waals surface area contributed by atoms with Gasteiger partial charge in [-0.2, -0.15) is 5.26 Å². The Morgan fingerprint density at radius 2 is 1.85 bits per heavy atom. The number of likely N-dealkylation sites (N-methyl/N-ethyl adjacent to an activating group) is 1. The van der Waals surface area contributed by atoms with Crippen molar-refractivity contribution in [1.82, 2.24) is 15.1 Å². The van der Waals surface area contributed by atoms with E-state index in [1.807, 2.05) is 0 Å². The van der Waals surface area contributed by atoms with Crippen molar-refractivity contribution in [3.63, 3.8) is 0 Å². The van der Waals surface area contributed by atoms with E-state index in [0.29, 0.717) is 33.3 Å². The third kappa shape index (κ3) is 6.25. The lowest BCUT2D eigenvalue weighted by Gasteiger charge is -2.32. The topological polar surface area (TPSA) is 93.5 Å². The zero-order valence-corrected chi connectivity index (χ0v) is 20.9. The van der Waals surface area contributed by atoms with E-state index in [4.69, 9.17) is 23.2 Å². The van der Waals surface area contributed by atoms with E-state index in [2.05, 4.69) is 28.2 Å². The van der Waals surface area contributed by atoms with Gasteiger partial charge in [0.15, 0.2) is 9.84 Å². The quantitative estimate of drug-likeness (QED) is 0.616. The molecule has 176 valence electrons. The van der Waals surface area contributed by atoms with Crippen LogP contribution in [0.4, 0.5) is 0 Å². The number of hydrogen-bond donors (Lipinski definition) is 1. The summed E-state index contributed by atoms with van der Waals surface area (Å²) < 4.78 is 24.8. The maximum Gasteiger partial charge on any atom is 0.251 e. The molecule has 1 amide bonds. The Morgan fingerprint density at radius 3 is 2.48 bits per heavy atom. The van der Waals surface area contributed by atoms with Gasteiger partial charge in [0.05, 0.1) is 22.3 Å². The van der Waals surface area contributed by atoms with Gasteiger partial charge in [0.2, 0.25) is 0 Å². The number of halogens is 2. The van der Waals surface area contributed by atoms with Gasteiger partial charge in [-0.3, -0.25) is 9.69 Å². The highest BCUT2D eigenvalue weighted by Gasteiger charge is 2.21. The number of nitriles is 1. The molecular formula is C23H26Cl2N4O3S. The van der Waals surface area contributed by atoms with Crippen LogP contribution in [0.1, 0.15) is 34.0 Å². The van der Waals surface area contributed by atoms with Gasteiger partial charge in [-0.25, -0.2) is 8.42 Å². The largest absolute Gasteiger partial charge is 0.348 e. The van der Waals surface area contributed by atoms with Crippen molar-refractivity contribution >= 4 is 38.9 Å². The molecule has 1 saturated heterocycles. The van der Waals surface area contributed by atoms with E-state index in [0.717, 1.165) is 26.2 Å².